The van der Waals surface area contributed by atoms with E-state index in [2.05, 4.69) is 4.98 Å². The van der Waals surface area contributed by atoms with Crippen molar-refractivity contribution in [1.82, 2.24) is 4.98 Å². The Bertz CT molecular complexity index is 1640. The van der Waals surface area contributed by atoms with Crippen LogP contribution in [0.2, 0.25) is 0 Å². The zero-order valence-electron chi connectivity index (χ0n) is 21.0. The highest BCUT2D eigenvalue weighted by Crippen LogP contribution is 2.40. The largest absolute Gasteiger partial charge is 0.497 e. The molecule has 0 saturated heterocycles. The second-order valence-electron chi connectivity index (χ2n) is 9.29. The lowest BCUT2D eigenvalue weighted by Gasteiger charge is -2.40. The van der Waals surface area contributed by atoms with Crippen molar-refractivity contribution in [3.63, 3.8) is 0 Å². The van der Waals surface area contributed by atoms with Gasteiger partial charge in [0, 0.05) is 30.6 Å². The number of hydrogen-bond acceptors (Lipinski definition) is 5. The van der Waals surface area contributed by atoms with E-state index in [0.717, 1.165) is 22.0 Å². The third-order valence-corrected chi connectivity index (χ3v) is 7.80. The van der Waals surface area contributed by atoms with Gasteiger partial charge in [-0.3, -0.25) is 9.59 Å². The summed E-state index contributed by atoms with van der Waals surface area (Å²) in [6.07, 6.45) is 1.17. The van der Waals surface area contributed by atoms with E-state index in [9.17, 15) is 18.0 Å². The number of methoxy groups -OCH3 is 1. The number of nitrogens with one attached hydrogen (secondary N) is 1. The molecule has 0 unspecified atom stereocenters. The summed E-state index contributed by atoms with van der Waals surface area (Å²) in [5.41, 5.74) is 4.11. The number of carbonyl (C=O) groups excluding carboxylic acids is 2. The highest BCUT2D eigenvalue weighted by Gasteiger charge is 2.34. The van der Waals surface area contributed by atoms with Gasteiger partial charge >= 0.3 is 0 Å². The lowest BCUT2D eigenvalue weighted by molar-refractivity contribution is -0.117. The number of aromatic nitrogens is 1. The number of carbonyl (C=O) groups is 2. The van der Waals surface area contributed by atoms with Gasteiger partial charge in [0.2, 0.25) is 5.91 Å². The molecule has 0 radical (unpaired) electrons. The topological polar surface area (TPSA) is 99.8 Å². The number of rotatable bonds is 4. The third-order valence-electron chi connectivity index (χ3n) is 6.67. The molecule has 1 aliphatic rings. The Morgan fingerprint density at radius 3 is 2.30 bits per heavy atom. The number of fused-ring (bicyclic) bond motifs is 2. The molecule has 8 nitrogen and oxygen atoms in total. The molecule has 0 bridgehead atoms. The maximum absolute atomic E-state index is 13.8. The summed E-state index contributed by atoms with van der Waals surface area (Å²) in [6, 6.07) is 19.3. The number of H-pyrrole nitrogens is 1. The number of ether oxygens (including phenoxy) is 1. The summed E-state index contributed by atoms with van der Waals surface area (Å²) in [5, 5.41) is 0.859. The monoisotopic (exact) mass is 517 g/mol. The van der Waals surface area contributed by atoms with Crippen LogP contribution in [0.5, 0.6) is 5.75 Å². The molecular formula is C28H27N3O5S. The maximum atomic E-state index is 13.8. The van der Waals surface area contributed by atoms with Gasteiger partial charge in [-0.1, -0.05) is 18.2 Å². The second-order valence-corrected chi connectivity index (χ2v) is 11.3. The number of hydrogen-bond donors (Lipinski definition) is 1. The van der Waals surface area contributed by atoms with Gasteiger partial charge in [-0.15, -0.1) is 0 Å². The normalized spacial score (nSPS) is 15.5. The molecule has 5 rings (SSSR count). The Hall–Kier alpha value is -4.11. The smallest absolute Gasteiger partial charge is 0.274 e. The minimum atomic E-state index is -3.31. The van der Waals surface area contributed by atoms with Crippen molar-refractivity contribution in [2.75, 3.05) is 29.7 Å². The Labute approximate surface area is 215 Å². The Morgan fingerprint density at radius 2 is 1.65 bits per heavy atom. The number of sulfone groups is 1. The fraction of sp³-hybridized carbons (Fsp3) is 0.214. The van der Waals surface area contributed by atoms with E-state index >= 15 is 0 Å². The first-order valence-electron chi connectivity index (χ1n) is 11.8. The van der Waals surface area contributed by atoms with Gasteiger partial charge in [0.25, 0.3) is 5.91 Å². The van der Waals surface area contributed by atoms with Gasteiger partial charge in [0.15, 0.2) is 9.84 Å². The Kier molecular flexibility index (Phi) is 6.03. The number of anilines is 2. The molecule has 2 amide bonds. The molecule has 9 heteroatoms. The fourth-order valence-corrected chi connectivity index (χ4v) is 5.50. The lowest BCUT2D eigenvalue weighted by Crippen LogP contribution is -2.51. The van der Waals surface area contributed by atoms with E-state index in [-0.39, 0.29) is 22.8 Å². The average Bonchev–Trinajstić information content (AvgIpc) is 3.30. The van der Waals surface area contributed by atoms with E-state index < -0.39 is 9.84 Å². The van der Waals surface area contributed by atoms with E-state index in [1.54, 1.807) is 47.2 Å². The molecule has 1 N–H and O–H groups in total. The van der Waals surface area contributed by atoms with E-state index in [1.807, 2.05) is 43.3 Å². The van der Waals surface area contributed by atoms with E-state index in [0.29, 0.717) is 29.4 Å². The summed E-state index contributed by atoms with van der Waals surface area (Å²) in [4.78, 5) is 33.2. The minimum Gasteiger partial charge on any atom is -0.497 e. The highest BCUT2D eigenvalue weighted by atomic mass is 32.2. The molecule has 0 spiro atoms. The van der Waals surface area contributed by atoms with Crippen molar-refractivity contribution in [2.24, 2.45) is 0 Å². The molecular weight excluding hydrogens is 490 g/mol. The summed E-state index contributed by atoms with van der Waals surface area (Å²) in [7, 11) is -1.72. The van der Waals surface area contributed by atoms with Crippen LogP contribution in [0.4, 0.5) is 11.4 Å². The van der Waals surface area contributed by atoms with Crippen LogP contribution in [0.25, 0.3) is 22.0 Å². The molecule has 1 atom stereocenters. The van der Waals surface area contributed by atoms with Crippen LogP contribution in [0.15, 0.2) is 71.6 Å². The summed E-state index contributed by atoms with van der Waals surface area (Å²) >= 11 is 0. The van der Waals surface area contributed by atoms with Gasteiger partial charge in [-0.05, 0) is 66.6 Å². The van der Waals surface area contributed by atoms with Gasteiger partial charge in [-0.25, -0.2) is 8.42 Å². The van der Waals surface area contributed by atoms with Gasteiger partial charge in [0.05, 0.1) is 29.4 Å². The van der Waals surface area contributed by atoms with Crippen LogP contribution in [0.3, 0.4) is 0 Å². The highest BCUT2D eigenvalue weighted by molar-refractivity contribution is 7.90. The Morgan fingerprint density at radius 1 is 0.946 bits per heavy atom. The van der Waals surface area contributed by atoms with E-state index in [4.69, 9.17) is 4.74 Å². The first kappa shape index (κ1) is 24.6. The summed E-state index contributed by atoms with van der Waals surface area (Å²) in [5.74, 6) is 0.380. The minimum absolute atomic E-state index is 0.108. The first-order chi connectivity index (χ1) is 17.6. The molecule has 37 heavy (non-hydrogen) atoms. The molecule has 4 aromatic rings. The fourth-order valence-electron chi connectivity index (χ4n) is 4.87. The number of amides is 2. The summed E-state index contributed by atoms with van der Waals surface area (Å²) in [6.45, 7) is 3.75. The first-order valence-corrected chi connectivity index (χ1v) is 13.7. The van der Waals surface area contributed by atoms with Crippen molar-refractivity contribution in [3.8, 4) is 16.9 Å². The number of nitrogens with zero attached hydrogens (tertiary/aromatic N) is 2. The SMILES string of the molecule is COc1ccc2[nH]c(C(=O)N3C[C@H](C)N(C(C)=O)c4ccc(-c5ccc(S(C)(=O)=O)cc5)cc43)cc2c1. The van der Waals surface area contributed by atoms with Crippen LogP contribution in [-0.2, 0) is 14.6 Å². The summed E-state index contributed by atoms with van der Waals surface area (Å²) < 4.78 is 29.0. The molecule has 1 aliphatic heterocycles. The van der Waals surface area contributed by atoms with Crippen molar-refractivity contribution >= 4 is 43.9 Å². The molecule has 190 valence electrons. The van der Waals surface area contributed by atoms with Gasteiger partial charge in [0.1, 0.15) is 11.4 Å². The predicted octanol–water partition coefficient (Wildman–Crippen LogP) is 4.65. The average molecular weight is 518 g/mol. The number of benzene rings is 3. The van der Waals surface area contributed by atoms with Crippen molar-refractivity contribution in [1.29, 1.82) is 0 Å². The zero-order chi connectivity index (χ0) is 26.5. The standard InChI is InChI=1S/C28H27N3O5S/c1-17-16-30(28(33)25-14-21-13-22(36-3)8-11-24(21)29-25)27-15-20(7-12-26(27)31(17)18(2)32)19-5-9-23(10-6-19)37(4,34)35/h5-15,17,29H,16H2,1-4H3/t17-/m0/s1. The van der Waals surface area contributed by atoms with Crippen LogP contribution in [0.1, 0.15) is 24.3 Å². The maximum Gasteiger partial charge on any atom is 0.274 e. The number of aromatic amines is 1. The van der Waals surface area contributed by atoms with Crippen LogP contribution >= 0.6 is 0 Å². The molecule has 0 saturated carbocycles. The van der Waals surface area contributed by atoms with Crippen molar-refractivity contribution in [2.45, 2.75) is 24.8 Å². The van der Waals surface area contributed by atoms with Crippen LogP contribution in [-0.4, -0.2) is 51.2 Å². The van der Waals surface area contributed by atoms with E-state index in [1.165, 1.54) is 13.2 Å². The van der Waals surface area contributed by atoms with Crippen molar-refractivity contribution < 1.29 is 22.7 Å². The lowest BCUT2D eigenvalue weighted by atomic mass is 10.0. The molecule has 2 heterocycles. The molecule has 0 fully saturated rings. The van der Waals surface area contributed by atoms with Crippen molar-refractivity contribution in [3.05, 3.63) is 72.4 Å². The second kappa shape index (κ2) is 9.08. The molecule has 0 aliphatic carbocycles. The third kappa shape index (κ3) is 4.46. The predicted molar refractivity (Wildman–Crippen MR) is 144 cm³/mol. The Balaban J connectivity index is 1.59. The quantitative estimate of drug-likeness (QED) is 0.425. The van der Waals surface area contributed by atoms with Crippen LogP contribution in [0, 0.1) is 0 Å². The zero-order valence-corrected chi connectivity index (χ0v) is 21.8. The molecule has 1 aromatic heterocycles. The molecule has 3 aromatic carbocycles. The van der Waals surface area contributed by atoms with Gasteiger partial charge in [-0.2, -0.15) is 0 Å². The van der Waals surface area contributed by atoms with Crippen LogP contribution < -0.4 is 14.5 Å². The van der Waals surface area contributed by atoms with Gasteiger partial charge < -0.3 is 19.5 Å².